The van der Waals surface area contributed by atoms with Crippen molar-refractivity contribution in [2.24, 2.45) is 11.1 Å². The van der Waals surface area contributed by atoms with Gasteiger partial charge in [0.1, 0.15) is 5.92 Å². The van der Waals surface area contributed by atoms with Gasteiger partial charge in [0.2, 0.25) is 0 Å². The van der Waals surface area contributed by atoms with E-state index < -0.39 is 36.3 Å². The van der Waals surface area contributed by atoms with Crippen molar-refractivity contribution in [1.82, 2.24) is 0 Å². The third-order valence-electron chi connectivity index (χ3n) is 1.44. The molecule has 0 spiro atoms. The standard InChI is InChI=1S/C6H7NO7/c8-3(9)1-2(6(12)13)4(10)5(11)7-14/h2,4,10H,1H2,(H,8,9)(H,12,13). The number of nitrogens with zero attached hydrogens (tertiary/aromatic N) is 1. The van der Waals surface area contributed by atoms with Crippen LogP contribution in [0.2, 0.25) is 0 Å². The molecular formula is C6H7NO7. The zero-order valence-corrected chi connectivity index (χ0v) is 6.78. The third-order valence-corrected chi connectivity index (χ3v) is 1.44. The maximum atomic E-state index is 10.5. The number of aliphatic hydroxyl groups excluding tert-OH is 1. The fourth-order valence-electron chi connectivity index (χ4n) is 0.748. The predicted molar refractivity (Wildman–Crippen MR) is 40.2 cm³/mol. The summed E-state index contributed by atoms with van der Waals surface area (Å²) in [5.74, 6) is -6.65. The summed E-state index contributed by atoms with van der Waals surface area (Å²) in [7, 11) is 0. The molecule has 0 radical (unpaired) electrons. The van der Waals surface area contributed by atoms with Crippen LogP contribution in [0.3, 0.4) is 0 Å². The number of nitroso groups, excluding NO2 is 1. The van der Waals surface area contributed by atoms with Crippen molar-refractivity contribution >= 4 is 17.8 Å². The second-order valence-electron chi connectivity index (χ2n) is 2.42. The first-order valence-electron chi connectivity index (χ1n) is 3.40. The van der Waals surface area contributed by atoms with Gasteiger partial charge in [0.05, 0.1) is 6.42 Å². The van der Waals surface area contributed by atoms with Gasteiger partial charge in [-0.25, -0.2) is 0 Å². The van der Waals surface area contributed by atoms with Crippen LogP contribution in [0, 0.1) is 10.8 Å². The molecule has 78 valence electrons. The maximum absolute atomic E-state index is 10.5. The van der Waals surface area contributed by atoms with Gasteiger partial charge in [0.25, 0.3) is 0 Å². The van der Waals surface area contributed by atoms with Crippen LogP contribution < -0.4 is 0 Å². The van der Waals surface area contributed by atoms with Crippen LogP contribution in [-0.2, 0) is 14.4 Å². The van der Waals surface area contributed by atoms with E-state index in [2.05, 4.69) is 0 Å². The summed E-state index contributed by atoms with van der Waals surface area (Å²) in [6.07, 6.45) is -3.18. The molecule has 0 aliphatic rings. The molecule has 2 atom stereocenters. The minimum absolute atomic E-state index is 0.961. The van der Waals surface area contributed by atoms with E-state index >= 15 is 0 Å². The van der Waals surface area contributed by atoms with E-state index in [1.165, 1.54) is 0 Å². The van der Waals surface area contributed by atoms with Gasteiger partial charge in [0, 0.05) is 5.18 Å². The average molecular weight is 205 g/mol. The molecule has 3 N–H and O–H groups in total. The maximum Gasteiger partial charge on any atom is 0.315 e. The van der Waals surface area contributed by atoms with Crippen LogP contribution in [0.25, 0.3) is 0 Å². The minimum Gasteiger partial charge on any atom is -0.481 e. The summed E-state index contributed by atoms with van der Waals surface area (Å²) in [6, 6.07) is 0. The van der Waals surface area contributed by atoms with E-state index in [0.717, 1.165) is 0 Å². The normalized spacial score (nSPS) is 14.1. The Morgan fingerprint density at radius 2 is 1.71 bits per heavy atom. The molecule has 0 aromatic rings. The lowest BCUT2D eigenvalue weighted by Gasteiger charge is -2.12. The topological polar surface area (TPSA) is 141 Å². The Hall–Kier alpha value is -1.83. The van der Waals surface area contributed by atoms with Crippen LogP contribution in [0.15, 0.2) is 5.18 Å². The van der Waals surface area contributed by atoms with Crippen molar-refractivity contribution in [2.75, 3.05) is 0 Å². The Balaban J connectivity index is 4.64. The van der Waals surface area contributed by atoms with Crippen LogP contribution in [0.1, 0.15) is 6.42 Å². The highest BCUT2D eigenvalue weighted by molar-refractivity contribution is 5.88. The van der Waals surface area contributed by atoms with Gasteiger partial charge in [-0.15, -0.1) is 4.91 Å². The number of aliphatic hydroxyl groups is 1. The van der Waals surface area contributed by atoms with Gasteiger partial charge < -0.3 is 15.3 Å². The zero-order valence-electron chi connectivity index (χ0n) is 6.78. The van der Waals surface area contributed by atoms with E-state index in [-0.39, 0.29) is 0 Å². The van der Waals surface area contributed by atoms with Gasteiger partial charge in [-0.2, -0.15) is 0 Å². The van der Waals surface area contributed by atoms with Crippen LogP contribution in [0.4, 0.5) is 0 Å². The Bertz CT molecular complexity index is 273. The first-order valence-corrected chi connectivity index (χ1v) is 3.40. The van der Waals surface area contributed by atoms with Crippen molar-refractivity contribution in [1.29, 1.82) is 0 Å². The molecule has 0 saturated heterocycles. The van der Waals surface area contributed by atoms with Crippen molar-refractivity contribution < 1.29 is 29.7 Å². The SMILES string of the molecule is O=NC(=O)C(O)C(CC(=O)O)C(=O)O. The lowest BCUT2D eigenvalue weighted by molar-refractivity contribution is -0.155. The lowest BCUT2D eigenvalue weighted by Crippen LogP contribution is -2.35. The van der Waals surface area contributed by atoms with Crippen LogP contribution >= 0.6 is 0 Å². The second kappa shape index (κ2) is 5.02. The summed E-state index contributed by atoms with van der Waals surface area (Å²) in [4.78, 5) is 40.6. The molecule has 0 aliphatic heterocycles. The molecule has 0 saturated carbocycles. The Kier molecular flexibility index (Phi) is 4.36. The predicted octanol–water partition coefficient (Wildman–Crippen LogP) is -1.18. The van der Waals surface area contributed by atoms with Crippen LogP contribution in [-0.4, -0.2) is 39.3 Å². The summed E-state index contributed by atoms with van der Waals surface area (Å²) >= 11 is 0. The largest absolute Gasteiger partial charge is 0.481 e. The first-order chi connectivity index (χ1) is 6.40. The molecule has 0 aromatic carbocycles. The number of hydrogen-bond acceptors (Lipinski definition) is 5. The number of hydrogen-bond donors (Lipinski definition) is 3. The van der Waals surface area contributed by atoms with Crippen molar-refractivity contribution in [2.45, 2.75) is 12.5 Å². The Morgan fingerprint density at radius 3 is 2.00 bits per heavy atom. The monoisotopic (exact) mass is 205 g/mol. The fraction of sp³-hybridized carbons (Fsp3) is 0.500. The lowest BCUT2D eigenvalue weighted by atomic mass is 9.98. The highest BCUT2D eigenvalue weighted by atomic mass is 16.4. The Morgan fingerprint density at radius 1 is 1.21 bits per heavy atom. The molecule has 8 nitrogen and oxygen atoms in total. The third kappa shape index (κ3) is 3.27. The Labute approximate surface area is 77.1 Å². The molecular weight excluding hydrogens is 198 g/mol. The number of aliphatic carboxylic acids is 2. The van der Waals surface area contributed by atoms with E-state index in [9.17, 15) is 19.3 Å². The molecule has 0 aromatic heterocycles. The summed E-state index contributed by atoms with van der Waals surface area (Å²) in [5, 5.41) is 27.4. The van der Waals surface area contributed by atoms with Crippen molar-refractivity contribution in [3.63, 3.8) is 0 Å². The summed E-state index contributed by atoms with van der Waals surface area (Å²) in [5.41, 5.74) is 0. The molecule has 8 heteroatoms. The number of rotatable bonds is 5. The molecule has 0 heterocycles. The number of carbonyl (C=O) groups excluding carboxylic acids is 1. The van der Waals surface area contributed by atoms with E-state index in [0.29, 0.717) is 0 Å². The average Bonchev–Trinajstić information content (AvgIpc) is 2.11. The van der Waals surface area contributed by atoms with Crippen molar-refractivity contribution in [3.05, 3.63) is 4.91 Å². The fourth-order valence-corrected chi connectivity index (χ4v) is 0.748. The quantitative estimate of drug-likeness (QED) is 0.479. The van der Waals surface area contributed by atoms with E-state index in [4.69, 9.17) is 15.3 Å². The zero-order chi connectivity index (χ0) is 11.3. The number of amides is 1. The van der Waals surface area contributed by atoms with Crippen molar-refractivity contribution in [3.8, 4) is 0 Å². The van der Waals surface area contributed by atoms with E-state index in [1.807, 2.05) is 0 Å². The van der Waals surface area contributed by atoms with Gasteiger partial charge >= 0.3 is 17.8 Å². The molecule has 0 rings (SSSR count). The minimum atomic E-state index is -2.22. The second-order valence-corrected chi connectivity index (χ2v) is 2.42. The number of carboxylic acid groups (broad SMARTS) is 2. The highest BCUT2D eigenvalue weighted by Crippen LogP contribution is 2.11. The highest BCUT2D eigenvalue weighted by Gasteiger charge is 2.34. The van der Waals surface area contributed by atoms with E-state index in [1.54, 1.807) is 5.18 Å². The van der Waals surface area contributed by atoms with Gasteiger partial charge in [-0.1, -0.05) is 0 Å². The van der Waals surface area contributed by atoms with Gasteiger partial charge in [-0.3, -0.25) is 14.4 Å². The summed E-state index contributed by atoms with van der Waals surface area (Å²) < 4.78 is 0. The molecule has 14 heavy (non-hydrogen) atoms. The molecule has 0 bridgehead atoms. The summed E-state index contributed by atoms with van der Waals surface area (Å²) in [6.45, 7) is 0. The molecule has 1 amide bonds. The molecule has 2 unspecified atom stereocenters. The first kappa shape index (κ1) is 12.2. The van der Waals surface area contributed by atoms with Gasteiger partial charge in [0.15, 0.2) is 6.10 Å². The molecule has 0 aliphatic carbocycles. The number of carbonyl (C=O) groups is 3. The number of carboxylic acids is 2. The smallest absolute Gasteiger partial charge is 0.315 e. The van der Waals surface area contributed by atoms with Gasteiger partial charge in [-0.05, 0) is 0 Å². The molecule has 0 fully saturated rings. The van der Waals surface area contributed by atoms with Crippen LogP contribution in [0.5, 0.6) is 0 Å².